The molecule has 0 aromatic heterocycles. The fourth-order valence-electron chi connectivity index (χ4n) is 1.75. The van der Waals surface area contributed by atoms with Crippen LogP contribution in [0.1, 0.15) is 21.5 Å². The second kappa shape index (κ2) is 6.19. The molecule has 0 fully saturated rings. The Labute approximate surface area is 126 Å². The minimum atomic E-state index is -0.934. The SMILES string of the molecule is N=C1N=C(N)c2ccccc21.O=C(O)c1ccc(Cl)cc1. The molecule has 2 aromatic rings. The standard InChI is InChI=1S/C8H7N3.C7H5ClO2/c9-7-5-3-1-2-4-6(5)8(10)11-7;8-6-3-1-5(2-4-6)7(9)10/h1-4H,(H3,9,10,11);1-4H,(H,9,10). The zero-order valence-corrected chi connectivity index (χ0v) is 11.6. The van der Waals surface area contributed by atoms with Gasteiger partial charge in [-0.25, -0.2) is 9.79 Å². The summed E-state index contributed by atoms with van der Waals surface area (Å²) in [4.78, 5) is 14.1. The van der Waals surface area contributed by atoms with Gasteiger partial charge >= 0.3 is 5.97 Å². The molecule has 0 saturated carbocycles. The lowest BCUT2D eigenvalue weighted by Gasteiger charge is -1.94. The number of aliphatic imine (C=N–C) groups is 1. The van der Waals surface area contributed by atoms with Gasteiger partial charge in [-0.3, -0.25) is 5.41 Å². The molecule has 1 aliphatic rings. The molecule has 0 radical (unpaired) electrons. The number of hydrogen-bond acceptors (Lipinski definition) is 3. The van der Waals surface area contributed by atoms with Crippen molar-refractivity contribution in [3.63, 3.8) is 0 Å². The number of carboxylic acid groups (broad SMARTS) is 1. The molecule has 106 valence electrons. The predicted molar refractivity (Wildman–Crippen MR) is 82.4 cm³/mol. The average Bonchev–Trinajstić information content (AvgIpc) is 2.76. The minimum Gasteiger partial charge on any atom is -0.478 e. The third kappa shape index (κ3) is 3.46. The fraction of sp³-hybridized carbons (Fsp3) is 0. The third-order valence-electron chi connectivity index (χ3n) is 2.78. The number of benzene rings is 2. The lowest BCUT2D eigenvalue weighted by Crippen LogP contribution is -2.09. The summed E-state index contributed by atoms with van der Waals surface area (Å²) in [7, 11) is 0. The first-order chi connectivity index (χ1) is 9.99. The van der Waals surface area contributed by atoms with Crippen LogP contribution in [0.3, 0.4) is 0 Å². The maximum atomic E-state index is 10.3. The Morgan fingerprint density at radius 2 is 1.67 bits per heavy atom. The van der Waals surface area contributed by atoms with Crippen molar-refractivity contribution in [3.8, 4) is 0 Å². The number of amidine groups is 2. The summed E-state index contributed by atoms with van der Waals surface area (Å²) in [6, 6.07) is 13.5. The maximum absolute atomic E-state index is 10.3. The van der Waals surface area contributed by atoms with Gasteiger partial charge in [-0.1, -0.05) is 35.9 Å². The summed E-state index contributed by atoms with van der Waals surface area (Å²) in [5.41, 5.74) is 7.50. The molecule has 4 N–H and O–H groups in total. The van der Waals surface area contributed by atoms with Crippen molar-refractivity contribution < 1.29 is 9.90 Å². The summed E-state index contributed by atoms with van der Waals surface area (Å²) in [5, 5.41) is 16.4. The highest BCUT2D eigenvalue weighted by Gasteiger charge is 2.16. The first-order valence-electron chi connectivity index (χ1n) is 6.00. The van der Waals surface area contributed by atoms with E-state index in [4.69, 9.17) is 27.9 Å². The summed E-state index contributed by atoms with van der Waals surface area (Å²) < 4.78 is 0. The Kier molecular flexibility index (Phi) is 4.35. The van der Waals surface area contributed by atoms with E-state index in [2.05, 4.69) is 4.99 Å². The van der Waals surface area contributed by atoms with E-state index in [1.165, 1.54) is 12.1 Å². The number of rotatable bonds is 1. The van der Waals surface area contributed by atoms with E-state index in [1.54, 1.807) is 12.1 Å². The first kappa shape index (κ1) is 14.7. The number of carbonyl (C=O) groups is 1. The van der Waals surface area contributed by atoms with Crippen molar-refractivity contribution in [2.75, 3.05) is 0 Å². The number of nitrogens with one attached hydrogen (secondary N) is 1. The van der Waals surface area contributed by atoms with Crippen LogP contribution in [0.2, 0.25) is 5.02 Å². The molecule has 3 rings (SSSR count). The summed E-state index contributed by atoms with van der Waals surface area (Å²) >= 11 is 5.52. The Balaban J connectivity index is 0.000000155. The van der Waals surface area contributed by atoms with E-state index >= 15 is 0 Å². The summed E-state index contributed by atoms with van der Waals surface area (Å²) in [5.74, 6) is -0.222. The van der Waals surface area contributed by atoms with Crippen molar-refractivity contribution in [1.82, 2.24) is 0 Å². The van der Waals surface area contributed by atoms with Gasteiger partial charge in [0.25, 0.3) is 0 Å². The predicted octanol–water partition coefficient (Wildman–Crippen LogP) is 2.77. The van der Waals surface area contributed by atoms with E-state index < -0.39 is 5.97 Å². The molecule has 5 nitrogen and oxygen atoms in total. The van der Waals surface area contributed by atoms with Crippen LogP contribution in [-0.4, -0.2) is 22.7 Å². The van der Waals surface area contributed by atoms with Crippen LogP contribution in [-0.2, 0) is 0 Å². The van der Waals surface area contributed by atoms with Crippen molar-refractivity contribution >= 4 is 29.2 Å². The van der Waals surface area contributed by atoms with E-state index in [-0.39, 0.29) is 11.4 Å². The minimum absolute atomic E-state index is 0.254. The van der Waals surface area contributed by atoms with E-state index in [1.807, 2.05) is 24.3 Å². The largest absolute Gasteiger partial charge is 0.478 e. The zero-order chi connectivity index (χ0) is 15.4. The van der Waals surface area contributed by atoms with Crippen LogP contribution in [0.15, 0.2) is 53.5 Å². The molecule has 0 atom stereocenters. The fourth-order valence-corrected chi connectivity index (χ4v) is 1.87. The number of hydrogen-bond donors (Lipinski definition) is 3. The first-order valence-corrected chi connectivity index (χ1v) is 6.38. The van der Waals surface area contributed by atoms with Crippen LogP contribution >= 0.6 is 11.6 Å². The monoisotopic (exact) mass is 301 g/mol. The van der Waals surface area contributed by atoms with Gasteiger partial charge < -0.3 is 10.8 Å². The Bertz CT molecular complexity index is 724. The average molecular weight is 302 g/mol. The molecule has 0 saturated heterocycles. The number of halogens is 1. The molecule has 0 aliphatic carbocycles. The van der Waals surface area contributed by atoms with Crippen LogP contribution in [0.4, 0.5) is 0 Å². The van der Waals surface area contributed by atoms with Gasteiger partial charge in [0.1, 0.15) is 5.84 Å². The highest BCUT2D eigenvalue weighted by atomic mass is 35.5. The van der Waals surface area contributed by atoms with Crippen molar-refractivity contribution in [2.45, 2.75) is 0 Å². The van der Waals surface area contributed by atoms with Crippen LogP contribution < -0.4 is 5.73 Å². The quantitative estimate of drug-likeness (QED) is 0.755. The number of aromatic carboxylic acids is 1. The van der Waals surface area contributed by atoms with Gasteiger partial charge in [0.05, 0.1) is 5.56 Å². The molecule has 0 bridgehead atoms. The number of nitrogens with zero attached hydrogens (tertiary/aromatic N) is 1. The second-order valence-corrected chi connectivity index (χ2v) is 4.64. The van der Waals surface area contributed by atoms with Gasteiger partial charge in [-0.05, 0) is 24.3 Å². The van der Waals surface area contributed by atoms with E-state index in [9.17, 15) is 4.79 Å². The van der Waals surface area contributed by atoms with Gasteiger partial charge in [0.2, 0.25) is 0 Å². The number of carboxylic acids is 1. The molecule has 1 heterocycles. The summed E-state index contributed by atoms with van der Waals surface area (Å²) in [6.45, 7) is 0. The van der Waals surface area contributed by atoms with Gasteiger partial charge in [0.15, 0.2) is 5.84 Å². The third-order valence-corrected chi connectivity index (χ3v) is 3.03. The molecule has 1 aliphatic heterocycles. The van der Waals surface area contributed by atoms with Crippen LogP contribution in [0, 0.1) is 5.41 Å². The topological polar surface area (TPSA) is 99.5 Å². The molecule has 21 heavy (non-hydrogen) atoms. The lowest BCUT2D eigenvalue weighted by atomic mass is 10.1. The number of fused-ring (bicyclic) bond motifs is 1. The highest BCUT2D eigenvalue weighted by Crippen LogP contribution is 2.15. The van der Waals surface area contributed by atoms with Crippen LogP contribution in [0.25, 0.3) is 0 Å². The number of nitrogens with two attached hydrogens (primary N) is 1. The Morgan fingerprint density at radius 3 is 2.19 bits per heavy atom. The second-order valence-electron chi connectivity index (χ2n) is 4.20. The lowest BCUT2D eigenvalue weighted by molar-refractivity contribution is 0.0697. The maximum Gasteiger partial charge on any atom is 0.335 e. The molecule has 0 amide bonds. The van der Waals surface area contributed by atoms with Crippen molar-refractivity contribution in [3.05, 3.63) is 70.2 Å². The molecule has 6 heteroatoms. The molecule has 0 unspecified atom stereocenters. The van der Waals surface area contributed by atoms with E-state index in [0.29, 0.717) is 10.9 Å². The van der Waals surface area contributed by atoms with E-state index in [0.717, 1.165) is 11.1 Å². The molecule has 2 aromatic carbocycles. The summed E-state index contributed by atoms with van der Waals surface area (Å²) in [6.07, 6.45) is 0. The van der Waals surface area contributed by atoms with Gasteiger partial charge in [-0.2, -0.15) is 0 Å². The normalized spacial score (nSPS) is 12.0. The highest BCUT2D eigenvalue weighted by molar-refractivity contribution is 6.30. The molecular weight excluding hydrogens is 290 g/mol. The Hall–Kier alpha value is -2.66. The molecule has 0 spiro atoms. The van der Waals surface area contributed by atoms with Crippen molar-refractivity contribution in [2.24, 2.45) is 10.7 Å². The smallest absolute Gasteiger partial charge is 0.335 e. The van der Waals surface area contributed by atoms with Crippen LogP contribution in [0.5, 0.6) is 0 Å². The Morgan fingerprint density at radius 1 is 1.10 bits per heavy atom. The van der Waals surface area contributed by atoms with Gasteiger partial charge in [-0.15, -0.1) is 0 Å². The zero-order valence-electron chi connectivity index (χ0n) is 10.9. The molecular formula is C15H12ClN3O2. The van der Waals surface area contributed by atoms with Gasteiger partial charge in [0, 0.05) is 16.1 Å². The van der Waals surface area contributed by atoms with Crippen molar-refractivity contribution in [1.29, 1.82) is 5.41 Å².